The topological polar surface area (TPSA) is 80.4 Å². The van der Waals surface area contributed by atoms with Gasteiger partial charge in [-0.25, -0.2) is 0 Å². The van der Waals surface area contributed by atoms with Crippen molar-refractivity contribution in [3.63, 3.8) is 0 Å². The lowest BCUT2D eigenvalue weighted by Gasteiger charge is -2.02. The fourth-order valence-corrected chi connectivity index (χ4v) is 1.56. The summed E-state index contributed by atoms with van der Waals surface area (Å²) < 4.78 is 0.214. The lowest BCUT2D eigenvalue weighted by molar-refractivity contribution is -0.385. The number of halogens is 1. The van der Waals surface area contributed by atoms with Crippen LogP contribution in [0.3, 0.4) is 0 Å². The Hall–Kier alpha value is -1.69. The molecule has 0 amide bonds. The highest BCUT2D eigenvalue weighted by Gasteiger charge is 2.13. The molecule has 0 atom stereocenters. The highest BCUT2D eigenvalue weighted by atomic mass is 79.9. The summed E-state index contributed by atoms with van der Waals surface area (Å²) in [5.41, 5.74) is 0.433. The molecule has 0 aliphatic carbocycles. The van der Waals surface area contributed by atoms with Crippen molar-refractivity contribution < 1.29 is 14.8 Å². The van der Waals surface area contributed by atoms with Crippen LogP contribution < -0.4 is 0 Å². The Morgan fingerprint density at radius 3 is 2.69 bits per heavy atom. The van der Waals surface area contributed by atoms with Crippen molar-refractivity contribution >= 4 is 34.0 Å². The van der Waals surface area contributed by atoms with Crippen molar-refractivity contribution in [3.8, 4) is 5.75 Å². The zero-order chi connectivity index (χ0) is 12.3. The van der Waals surface area contributed by atoms with Crippen LogP contribution in [0.15, 0.2) is 22.2 Å². The molecule has 0 radical (unpaired) electrons. The van der Waals surface area contributed by atoms with E-state index in [-0.39, 0.29) is 21.5 Å². The minimum absolute atomic E-state index is 0.133. The number of rotatable bonds is 3. The average molecular weight is 286 g/mol. The molecule has 0 unspecified atom stereocenters. The molecule has 0 spiro atoms. The van der Waals surface area contributed by atoms with Gasteiger partial charge >= 0.3 is 0 Å². The molecule has 1 N–H and O–H groups in total. The Morgan fingerprint density at radius 1 is 1.56 bits per heavy atom. The number of carbonyl (C=O) groups is 1. The summed E-state index contributed by atoms with van der Waals surface area (Å²) in [6, 6.07) is 2.40. The zero-order valence-corrected chi connectivity index (χ0v) is 9.89. The largest absolute Gasteiger partial charge is 0.506 e. The first kappa shape index (κ1) is 12.4. The molecule has 1 aromatic rings. The SMILES string of the molecule is C/C(C=O)=C\c1cc([N+](=O)[O-])cc(Br)c1O. The molecule has 0 saturated heterocycles. The van der Waals surface area contributed by atoms with Gasteiger partial charge in [-0.2, -0.15) is 0 Å². The van der Waals surface area contributed by atoms with Gasteiger partial charge in [0.2, 0.25) is 0 Å². The average Bonchev–Trinajstić information content (AvgIpc) is 2.23. The van der Waals surface area contributed by atoms with Crippen molar-refractivity contribution in [1.82, 2.24) is 0 Å². The first-order valence-electron chi connectivity index (χ1n) is 4.26. The molecule has 1 aromatic carbocycles. The maximum absolute atomic E-state index is 10.6. The standard InChI is InChI=1S/C10H8BrNO4/c1-6(5-13)2-7-3-8(12(15)16)4-9(11)10(7)14/h2-5,14H,1H3/b6-2+. The second-order valence-corrected chi connectivity index (χ2v) is 3.98. The predicted octanol–water partition coefficient (Wildman–Crippen LogP) is 2.67. The van der Waals surface area contributed by atoms with E-state index in [4.69, 9.17) is 0 Å². The second-order valence-electron chi connectivity index (χ2n) is 3.13. The number of nitro benzene ring substituents is 1. The van der Waals surface area contributed by atoms with Gasteiger partial charge in [0.25, 0.3) is 5.69 Å². The number of aromatic hydroxyl groups is 1. The summed E-state index contributed by atoms with van der Waals surface area (Å²) in [6.07, 6.45) is 1.98. The van der Waals surface area contributed by atoms with Crippen LogP contribution in [0.1, 0.15) is 12.5 Å². The van der Waals surface area contributed by atoms with Crippen molar-refractivity contribution in [3.05, 3.63) is 37.9 Å². The monoisotopic (exact) mass is 285 g/mol. The second kappa shape index (κ2) is 4.89. The number of phenols is 1. The van der Waals surface area contributed by atoms with E-state index in [9.17, 15) is 20.0 Å². The number of phenolic OH excluding ortho intramolecular Hbond substituents is 1. The maximum atomic E-state index is 10.6. The molecule has 6 heteroatoms. The van der Waals surface area contributed by atoms with E-state index in [1.54, 1.807) is 6.92 Å². The molecule has 0 aromatic heterocycles. The molecule has 0 fully saturated rings. The number of hydrogen-bond donors (Lipinski definition) is 1. The summed E-state index contributed by atoms with van der Waals surface area (Å²) in [5.74, 6) is -0.133. The molecular weight excluding hydrogens is 278 g/mol. The van der Waals surface area contributed by atoms with Gasteiger partial charge in [0.05, 0.1) is 9.40 Å². The number of non-ortho nitro benzene ring substituents is 1. The molecule has 0 saturated carbocycles. The van der Waals surface area contributed by atoms with Crippen LogP contribution in [-0.4, -0.2) is 16.3 Å². The van der Waals surface area contributed by atoms with Gasteiger partial charge in [0.1, 0.15) is 12.0 Å². The van der Waals surface area contributed by atoms with Crippen LogP contribution >= 0.6 is 15.9 Å². The van der Waals surface area contributed by atoms with E-state index in [2.05, 4.69) is 15.9 Å². The van der Waals surface area contributed by atoms with E-state index < -0.39 is 4.92 Å². The van der Waals surface area contributed by atoms with Gasteiger partial charge in [0, 0.05) is 17.7 Å². The fraction of sp³-hybridized carbons (Fsp3) is 0.100. The molecule has 84 valence electrons. The first-order valence-corrected chi connectivity index (χ1v) is 5.05. The van der Waals surface area contributed by atoms with E-state index in [1.165, 1.54) is 18.2 Å². The molecule has 1 rings (SSSR count). The van der Waals surface area contributed by atoms with Crippen LogP contribution in [0.25, 0.3) is 6.08 Å². The lowest BCUT2D eigenvalue weighted by atomic mass is 10.1. The molecule has 0 aliphatic heterocycles. The summed E-state index contributed by atoms with van der Waals surface area (Å²) >= 11 is 3.01. The van der Waals surface area contributed by atoms with Gasteiger partial charge < -0.3 is 5.11 Å². The van der Waals surface area contributed by atoms with E-state index in [1.807, 2.05) is 0 Å². The van der Waals surface area contributed by atoms with Crippen LogP contribution in [0.4, 0.5) is 5.69 Å². The minimum Gasteiger partial charge on any atom is -0.506 e. The Kier molecular flexibility index (Phi) is 3.78. The molecular formula is C10H8BrNO4. The van der Waals surface area contributed by atoms with Gasteiger partial charge in [-0.15, -0.1) is 0 Å². The van der Waals surface area contributed by atoms with Crippen molar-refractivity contribution in [2.24, 2.45) is 0 Å². The van der Waals surface area contributed by atoms with Crippen LogP contribution in [-0.2, 0) is 4.79 Å². The van der Waals surface area contributed by atoms with Gasteiger partial charge in [0.15, 0.2) is 0 Å². The Balaban J connectivity index is 3.38. The first-order chi connectivity index (χ1) is 7.45. The third-order valence-electron chi connectivity index (χ3n) is 1.86. The van der Waals surface area contributed by atoms with E-state index >= 15 is 0 Å². The number of nitrogens with zero attached hydrogens (tertiary/aromatic N) is 1. The van der Waals surface area contributed by atoms with Crippen LogP contribution in [0.2, 0.25) is 0 Å². The predicted molar refractivity (Wildman–Crippen MR) is 62.2 cm³/mol. The Labute approximate surface area is 99.7 Å². The smallest absolute Gasteiger partial charge is 0.271 e. The summed E-state index contributed by atoms with van der Waals surface area (Å²) in [6.45, 7) is 1.54. The minimum atomic E-state index is -0.572. The number of aldehydes is 1. The van der Waals surface area contributed by atoms with E-state index in [0.717, 1.165) is 0 Å². The highest BCUT2D eigenvalue weighted by molar-refractivity contribution is 9.10. The summed E-state index contributed by atoms with van der Waals surface area (Å²) in [7, 11) is 0. The summed E-state index contributed by atoms with van der Waals surface area (Å²) in [4.78, 5) is 20.4. The lowest BCUT2D eigenvalue weighted by Crippen LogP contribution is -1.90. The summed E-state index contributed by atoms with van der Waals surface area (Å²) in [5, 5.41) is 20.2. The van der Waals surface area contributed by atoms with Crippen molar-refractivity contribution in [2.75, 3.05) is 0 Å². The molecule has 16 heavy (non-hydrogen) atoms. The number of hydrogen-bond acceptors (Lipinski definition) is 4. The number of benzene rings is 1. The van der Waals surface area contributed by atoms with Crippen LogP contribution in [0, 0.1) is 10.1 Å². The van der Waals surface area contributed by atoms with E-state index in [0.29, 0.717) is 11.9 Å². The fourth-order valence-electron chi connectivity index (χ4n) is 1.10. The van der Waals surface area contributed by atoms with Crippen molar-refractivity contribution in [2.45, 2.75) is 6.92 Å². The van der Waals surface area contributed by atoms with Crippen molar-refractivity contribution in [1.29, 1.82) is 0 Å². The van der Waals surface area contributed by atoms with Gasteiger partial charge in [-0.05, 0) is 34.5 Å². The number of nitro groups is 1. The third kappa shape index (κ3) is 2.66. The Bertz CT molecular complexity index is 482. The number of carbonyl (C=O) groups excluding carboxylic acids is 1. The zero-order valence-electron chi connectivity index (χ0n) is 8.31. The molecule has 0 heterocycles. The highest BCUT2D eigenvalue weighted by Crippen LogP contribution is 2.33. The Morgan fingerprint density at radius 2 is 2.19 bits per heavy atom. The van der Waals surface area contributed by atoms with Crippen LogP contribution in [0.5, 0.6) is 5.75 Å². The van der Waals surface area contributed by atoms with Gasteiger partial charge in [-0.3, -0.25) is 14.9 Å². The molecule has 0 bridgehead atoms. The number of allylic oxidation sites excluding steroid dienone is 1. The third-order valence-corrected chi connectivity index (χ3v) is 2.46. The molecule has 0 aliphatic rings. The quantitative estimate of drug-likeness (QED) is 0.401. The van der Waals surface area contributed by atoms with Gasteiger partial charge in [-0.1, -0.05) is 0 Å². The normalized spacial score (nSPS) is 11.2. The maximum Gasteiger partial charge on any atom is 0.271 e. The molecule has 5 nitrogen and oxygen atoms in total.